The molecule has 2 saturated carbocycles. The molecule has 1 aromatic carbocycles. The number of para-hydroxylation sites is 1. The minimum absolute atomic E-state index is 0.0873. The Morgan fingerprint density at radius 3 is 2.43 bits per heavy atom. The highest BCUT2D eigenvalue weighted by Crippen LogP contribution is 2.57. The second kappa shape index (κ2) is 10.2. The van der Waals surface area contributed by atoms with Crippen molar-refractivity contribution < 1.29 is 5.11 Å². The van der Waals surface area contributed by atoms with Gasteiger partial charge in [-0.2, -0.15) is 0 Å². The molecule has 1 atom stereocenters. The van der Waals surface area contributed by atoms with Crippen molar-refractivity contribution in [2.75, 3.05) is 37.6 Å². The molecule has 2 aliphatic carbocycles. The summed E-state index contributed by atoms with van der Waals surface area (Å²) in [7, 11) is 0. The Labute approximate surface area is 258 Å². The van der Waals surface area contributed by atoms with Gasteiger partial charge in [-0.3, -0.25) is 9.80 Å². The molecule has 4 fully saturated rings. The monoisotopic (exact) mass is 590 g/mol. The molecule has 9 nitrogen and oxygen atoms in total. The van der Waals surface area contributed by atoms with Gasteiger partial charge in [0.25, 0.3) is 0 Å². The third-order valence-electron chi connectivity index (χ3n) is 11.9. The normalized spacial score (nSPS) is 24.7. The zero-order valence-electron chi connectivity index (χ0n) is 25.6. The summed E-state index contributed by atoms with van der Waals surface area (Å²) in [4.78, 5) is 21.2. The van der Waals surface area contributed by atoms with Gasteiger partial charge in [0.1, 0.15) is 5.75 Å². The average Bonchev–Trinajstić information content (AvgIpc) is 3.36. The first kappa shape index (κ1) is 26.8. The van der Waals surface area contributed by atoms with Crippen LogP contribution in [0.3, 0.4) is 0 Å². The van der Waals surface area contributed by atoms with Crippen molar-refractivity contribution in [3.63, 3.8) is 0 Å². The average molecular weight is 591 g/mol. The predicted octanol–water partition coefficient (Wildman–Crippen LogP) is 5.44. The number of piperidine rings is 1. The number of aromatic hydroxyl groups is 1. The molecule has 3 aliphatic heterocycles. The second-order valence-corrected chi connectivity index (χ2v) is 14.3. The minimum Gasteiger partial charge on any atom is -0.507 e. The minimum atomic E-state index is 0.0873. The molecular weight excluding hydrogens is 548 g/mol. The van der Waals surface area contributed by atoms with Crippen molar-refractivity contribution >= 4 is 17.0 Å². The van der Waals surface area contributed by atoms with Crippen LogP contribution in [0.2, 0.25) is 0 Å². The van der Waals surface area contributed by atoms with Gasteiger partial charge in [-0.05, 0) is 93.6 Å². The molecule has 0 bridgehead atoms. The fourth-order valence-electron chi connectivity index (χ4n) is 9.00. The van der Waals surface area contributed by atoms with Crippen molar-refractivity contribution in [1.29, 1.82) is 0 Å². The van der Waals surface area contributed by atoms with Crippen molar-refractivity contribution in [2.24, 2.45) is 5.41 Å². The molecule has 3 aromatic heterocycles. The van der Waals surface area contributed by atoms with Gasteiger partial charge in [-0.15, -0.1) is 10.2 Å². The molecule has 44 heavy (non-hydrogen) atoms. The molecule has 6 heterocycles. The quantitative estimate of drug-likeness (QED) is 0.317. The Morgan fingerprint density at radius 1 is 0.932 bits per heavy atom. The Hall–Kier alpha value is -3.56. The van der Waals surface area contributed by atoms with E-state index in [1.807, 2.05) is 24.3 Å². The number of hydrogen-bond donors (Lipinski definition) is 2. The molecule has 0 radical (unpaired) electrons. The first-order valence-corrected chi connectivity index (χ1v) is 16.8. The standard InChI is InChI=1S/C35H42N8O/c1-22-32-28-15-30(27-5-2-3-6-31(27)44)39-40-33(28)38-29(32)9-14-43(22)34-36-18-24(19-37-34)23-7-12-41(13-8-23)26-20-42(21-26)25-16-35(17-25)10-4-11-35/h2-3,5-6,15,18-19,22-23,25-26,44H,4,7-14,16-17,20-21H2,1H3,(H,38,40)/t22-/m1/s1. The molecule has 228 valence electrons. The Balaban J connectivity index is 0.845. The number of hydrogen-bond acceptors (Lipinski definition) is 8. The van der Waals surface area contributed by atoms with Crippen LogP contribution in [0.1, 0.15) is 80.7 Å². The van der Waals surface area contributed by atoms with Crippen LogP contribution in [0.15, 0.2) is 42.7 Å². The van der Waals surface area contributed by atoms with Gasteiger partial charge in [0.15, 0.2) is 5.65 Å². The SMILES string of the molecule is C[C@@H]1c2c([nH]c3nnc(-c4ccccc4O)cc23)CCN1c1ncc(C2CCN(C3CN(C4CC5(CCC5)C4)C3)CC2)cn1. The summed E-state index contributed by atoms with van der Waals surface area (Å²) in [6.07, 6.45) is 14.9. The summed E-state index contributed by atoms with van der Waals surface area (Å²) in [6.45, 7) is 8.03. The fraction of sp³-hybridized carbons (Fsp3) is 0.543. The lowest BCUT2D eigenvalue weighted by molar-refractivity contribution is -0.101. The van der Waals surface area contributed by atoms with Gasteiger partial charge in [0, 0.05) is 72.7 Å². The fourth-order valence-corrected chi connectivity index (χ4v) is 9.00. The lowest BCUT2D eigenvalue weighted by atomic mass is 9.53. The Kier molecular flexibility index (Phi) is 6.24. The first-order chi connectivity index (χ1) is 21.5. The van der Waals surface area contributed by atoms with E-state index < -0.39 is 0 Å². The van der Waals surface area contributed by atoms with E-state index in [1.54, 1.807) is 6.07 Å². The smallest absolute Gasteiger partial charge is 0.225 e. The summed E-state index contributed by atoms with van der Waals surface area (Å²) in [5.41, 5.74) is 6.61. The van der Waals surface area contributed by atoms with Crippen molar-refractivity contribution in [3.8, 4) is 17.0 Å². The maximum atomic E-state index is 10.4. The molecule has 0 unspecified atom stereocenters. The molecular formula is C35H42N8O. The van der Waals surface area contributed by atoms with E-state index in [9.17, 15) is 5.11 Å². The number of nitrogens with one attached hydrogen (secondary N) is 1. The highest BCUT2D eigenvalue weighted by Gasteiger charge is 2.52. The van der Waals surface area contributed by atoms with E-state index in [0.29, 0.717) is 17.2 Å². The summed E-state index contributed by atoms with van der Waals surface area (Å²) < 4.78 is 0. The number of fused-ring (bicyclic) bond motifs is 3. The number of benzene rings is 1. The lowest BCUT2D eigenvalue weighted by Gasteiger charge is -2.61. The molecule has 2 saturated heterocycles. The highest BCUT2D eigenvalue weighted by molar-refractivity contribution is 5.86. The molecule has 9 heteroatoms. The Morgan fingerprint density at radius 2 is 1.70 bits per heavy atom. The number of aromatic amines is 1. The van der Waals surface area contributed by atoms with Gasteiger partial charge in [0.2, 0.25) is 5.95 Å². The molecule has 1 spiro atoms. The van der Waals surface area contributed by atoms with Crippen LogP contribution in [0.25, 0.3) is 22.3 Å². The number of phenolic OH excluding ortho intramolecular Hbond substituents is 1. The summed E-state index contributed by atoms with van der Waals surface area (Å²) in [5.74, 6) is 1.54. The maximum absolute atomic E-state index is 10.4. The molecule has 2 N–H and O–H groups in total. The van der Waals surface area contributed by atoms with Crippen molar-refractivity contribution in [3.05, 3.63) is 59.5 Å². The topological polar surface area (TPSA) is 97.3 Å². The van der Waals surface area contributed by atoms with Crippen LogP contribution in [0, 0.1) is 5.41 Å². The van der Waals surface area contributed by atoms with Crippen LogP contribution in [-0.2, 0) is 6.42 Å². The third-order valence-corrected chi connectivity index (χ3v) is 11.9. The number of likely N-dealkylation sites (tertiary alicyclic amines) is 2. The van der Waals surface area contributed by atoms with Gasteiger partial charge in [-0.25, -0.2) is 9.97 Å². The summed E-state index contributed by atoms with van der Waals surface area (Å²) in [6, 6.07) is 11.1. The first-order valence-electron chi connectivity index (χ1n) is 16.8. The summed E-state index contributed by atoms with van der Waals surface area (Å²) in [5, 5.41) is 20.3. The van der Waals surface area contributed by atoms with E-state index in [1.165, 1.54) is 87.9 Å². The maximum Gasteiger partial charge on any atom is 0.225 e. The third kappa shape index (κ3) is 4.34. The number of rotatable bonds is 5. The van der Waals surface area contributed by atoms with Crippen LogP contribution < -0.4 is 4.90 Å². The largest absolute Gasteiger partial charge is 0.507 e. The molecule has 9 rings (SSSR count). The predicted molar refractivity (Wildman–Crippen MR) is 171 cm³/mol. The number of nitrogens with zero attached hydrogens (tertiary/aromatic N) is 7. The Bertz CT molecular complexity index is 1670. The van der Waals surface area contributed by atoms with Crippen LogP contribution in [0.5, 0.6) is 5.75 Å². The highest BCUT2D eigenvalue weighted by atomic mass is 16.3. The van der Waals surface area contributed by atoms with E-state index in [0.717, 1.165) is 47.4 Å². The second-order valence-electron chi connectivity index (χ2n) is 14.3. The number of aromatic nitrogens is 5. The van der Waals surface area contributed by atoms with Crippen LogP contribution >= 0.6 is 0 Å². The van der Waals surface area contributed by atoms with Gasteiger partial charge < -0.3 is 15.0 Å². The number of anilines is 1. The zero-order chi connectivity index (χ0) is 29.4. The van der Waals surface area contributed by atoms with E-state index >= 15 is 0 Å². The van der Waals surface area contributed by atoms with Gasteiger partial charge >= 0.3 is 0 Å². The van der Waals surface area contributed by atoms with Crippen molar-refractivity contribution in [1.82, 2.24) is 34.9 Å². The molecule has 4 aromatic rings. The molecule has 5 aliphatic rings. The van der Waals surface area contributed by atoms with Crippen LogP contribution in [-0.4, -0.2) is 84.9 Å². The summed E-state index contributed by atoms with van der Waals surface area (Å²) >= 11 is 0. The van der Waals surface area contributed by atoms with E-state index in [4.69, 9.17) is 9.97 Å². The zero-order valence-corrected chi connectivity index (χ0v) is 25.6. The molecule has 0 amide bonds. The van der Waals surface area contributed by atoms with Crippen LogP contribution in [0.4, 0.5) is 5.95 Å². The number of H-pyrrole nitrogens is 1. The number of phenols is 1. The van der Waals surface area contributed by atoms with Gasteiger partial charge in [-0.1, -0.05) is 18.6 Å². The lowest BCUT2D eigenvalue weighted by Crippen LogP contribution is -2.67. The van der Waals surface area contributed by atoms with Crippen molar-refractivity contribution in [2.45, 2.75) is 82.3 Å². The van der Waals surface area contributed by atoms with E-state index in [-0.39, 0.29) is 11.8 Å². The van der Waals surface area contributed by atoms with Gasteiger partial charge in [0.05, 0.1) is 11.7 Å². The van der Waals surface area contributed by atoms with E-state index in [2.05, 4.69) is 49.2 Å².